The molecule has 0 spiro atoms. The minimum atomic E-state index is 0.0207. The van der Waals surface area contributed by atoms with Gasteiger partial charge in [0, 0.05) is 24.6 Å². The largest absolute Gasteiger partial charge is 0.396 e. The molecule has 14 heavy (non-hydrogen) atoms. The van der Waals surface area contributed by atoms with Crippen LogP contribution in [0, 0.1) is 11.3 Å². The third kappa shape index (κ3) is 3.58. The molecule has 0 amide bonds. The van der Waals surface area contributed by atoms with Gasteiger partial charge in [-0.1, -0.05) is 26.7 Å². The smallest absolute Gasteiger partial charge is 0.0494 e. The Kier molecular flexibility index (Phi) is 4.39. The highest BCUT2D eigenvalue weighted by Gasteiger charge is 2.23. The number of aliphatic hydroxyl groups excluding tert-OH is 1. The van der Waals surface area contributed by atoms with Crippen LogP contribution >= 0.6 is 0 Å². The highest BCUT2D eigenvalue weighted by Crippen LogP contribution is 2.27. The second kappa shape index (κ2) is 5.13. The molecule has 0 bridgehead atoms. The summed E-state index contributed by atoms with van der Waals surface area (Å²) in [6, 6.07) is 0.614. The third-order valence-corrected chi connectivity index (χ3v) is 3.44. The van der Waals surface area contributed by atoms with E-state index in [-0.39, 0.29) is 12.0 Å². The average Bonchev–Trinajstić information content (AvgIpc) is 2.67. The van der Waals surface area contributed by atoms with E-state index in [9.17, 15) is 0 Å². The second-order valence-electron chi connectivity index (χ2n) is 5.54. The molecule has 0 aromatic rings. The molecule has 1 aliphatic carbocycles. The molecular weight excluding hydrogens is 174 g/mol. The maximum Gasteiger partial charge on any atom is 0.0494 e. The summed E-state index contributed by atoms with van der Waals surface area (Å²) in [5, 5.41) is 12.7. The van der Waals surface area contributed by atoms with Crippen LogP contribution in [0.4, 0.5) is 0 Å². The SMILES string of the molecule is C[C@H](NCC(C)(C)CO)C1CCCC1. The first-order valence-corrected chi connectivity index (χ1v) is 5.89. The molecule has 84 valence electrons. The van der Waals surface area contributed by atoms with Crippen molar-refractivity contribution in [3.05, 3.63) is 0 Å². The Morgan fingerprint density at radius 3 is 2.43 bits per heavy atom. The van der Waals surface area contributed by atoms with E-state index < -0.39 is 0 Å². The summed E-state index contributed by atoms with van der Waals surface area (Å²) in [4.78, 5) is 0. The fraction of sp³-hybridized carbons (Fsp3) is 1.00. The molecule has 0 radical (unpaired) electrons. The summed E-state index contributed by atoms with van der Waals surface area (Å²) in [5.41, 5.74) is 0.0207. The van der Waals surface area contributed by atoms with E-state index in [0.29, 0.717) is 6.04 Å². The Morgan fingerprint density at radius 2 is 1.93 bits per heavy atom. The number of aliphatic hydroxyl groups is 1. The van der Waals surface area contributed by atoms with Crippen LogP contribution in [0.2, 0.25) is 0 Å². The number of hydrogen-bond acceptors (Lipinski definition) is 2. The van der Waals surface area contributed by atoms with Crippen molar-refractivity contribution in [3.63, 3.8) is 0 Å². The van der Waals surface area contributed by atoms with Gasteiger partial charge < -0.3 is 10.4 Å². The van der Waals surface area contributed by atoms with Crippen molar-refractivity contribution in [2.45, 2.75) is 52.5 Å². The molecule has 1 fully saturated rings. The molecule has 0 unspecified atom stereocenters. The van der Waals surface area contributed by atoms with Gasteiger partial charge in [0.15, 0.2) is 0 Å². The summed E-state index contributed by atoms with van der Waals surface area (Å²) < 4.78 is 0. The molecule has 1 aliphatic rings. The Bertz CT molecular complexity index is 162. The van der Waals surface area contributed by atoms with Gasteiger partial charge in [0.25, 0.3) is 0 Å². The van der Waals surface area contributed by atoms with Gasteiger partial charge in [-0.15, -0.1) is 0 Å². The molecule has 2 nitrogen and oxygen atoms in total. The van der Waals surface area contributed by atoms with Gasteiger partial charge in [-0.2, -0.15) is 0 Å². The fourth-order valence-corrected chi connectivity index (χ4v) is 2.12. The van der Waals surface area contributed by atoms with Crippen molar-refractivity contribution in [1.82, 2.24) is 5.32 Å². The Morgan fingerprint density at radius 1 is 1.36 bits per heavy atom. The maximum absolute atomic E-state index is 9.13. The normalized spacial score (nSPS) is 21.4. The molecule has 0 aliphatic heterocycles. The standard InChI is InChI=1S/C12H25NO/c1-10(11-6-4-5-7-11)13-8-12(2,3)9-14/h10-11,13-14H,4-9H2,1-3H3/t10-/m0/s1. The quantitative estimate of drug-likeness (QED) is 0.711. The van der Waals surface area contributed by atoms with E-state index in [4.69, 9.17) is 5.11 Å². The van der Waals surface area contributed by atoms with Gasteiger partial charge >= 0.3 is 0 Å². The summed E-state index contributed by atoms with van der Waals surface area (Å²) >= 11 is 0. The van der Waals surface area contributed by atoms with Crippen molar-refractivity contribution in [2.24, 2.45) is 11.3 Å². The monoisotopic (exact) mass is 199 g/mol. The van der Waals surface area contributed by atoms with Crippen LogP contribution in [0.5, 0.6) is 0 Å². The molecule has 0 aromatic carbocycles. The lowest BCUT2D eigenvalue weighted by molar-refractivity contribution is 0.150. The summed E-state index contributed by atoms with van der Waals surface area (Å²) in [5.74, 6) is 0.865. The average molecular weight is 199 g/mol. The zero-order valence-corrected chi connectivity index (χ0v) is 9.84. The first-order valence-electron chi connectivity index (χ1n) is 5.89. The Labute approximate surface area is 88.1 Å². The summed E-state index contributed by atoms with van der Waals surface area (Å²) in [6.07, 6.45) is 5.57. The van der Waals surface area contributed by atoms with Gasteiger partial charge in [-0.25, -0.2) is 0 Å². The van der Waals surface area contributed by atoms with E-state index in [2.05, 4.69) is 26.1 Å². The van der Waals surface area contributed by atoms with Crippen LogP contribution in [0.25, 0.3) is 0 Å². The van der Waals surface area contributed by atoms with Gasteiger partial charge in [0.2, 0.25) is 0 Å². The number of hydrogen-bond donors (Lipinski definition) is 2. The topological polar surface area (TPSA) is 32.3 Å². The van der Waals surface area contributed by atoms with E-state index in [1.54, 1.807) is 0 Å². The fourth-order valence-electron chi connectivity index (χ4n) is 2.12. The first-order chi connectivity index (χ1) is 6.55. The highest BCUT2D eigenvalue weighted by atomic mass is 16.3. The molecule has 0 aromatic heterocycles. The molecule has 2 heteroatoms. The van der Waals surface area contributed by atoms with Crippen LogP contribution < -0.4 is 5.32 Å². The zero-order valence-electron chi connectivity index (χ0n) is 9.84. The molecule has 1 rings (SSSR count). The Balaban J connectivity index is 2.23. The van der Waals surface area contributed by atoms with Crippen LogP contribution in [0.3, 0.4) is 0 Å². The maximum atomic E-state index is 9.13. The molecule has 1 saturated carbocycles. The minimum Gasteiger partial charge on any atom is -0.396 e. The second-order valence-corrected chi connectivity index (χ2v) is 5.54. The van der Waals surface area contributed by atoms with E-state index >= 15 is 0 Å². The predicted molar refractivity (Wildman–Crippen MR) is 60.3 cm³/mol. The summed E-state index contributed by atoms with van der Waals surface area (Å²) in [6.45, 7) is 7.66. The van der Waals surface area contributed by atoms with Crippen LogP contribution in [-0.2, 0) is 0 Å². The van der Waals surface area contributed by atoms with Gasteiger partial charge in [0.1, 0.15) is 0 Å². The van der Waals surface area contributed by atoms with Crippen LogP contribution in [-0.4, -0.2) is 24.3 Å². The van der Waals surface area contributed by atoms with Gasteiger partial charge in [-0.05, 0) is 25.7 Å². The van der Waals surface area contributed by atoms with Crippen LogP contribution in [0.15, 0.2) is 0 Å². The lowest BCUT2D eigenvalue weighted by atomic mass is 9.93. The minimum absolute atomic E-state index is 0.0207. The van der Waals surface area contributed by atoms with E-state index in [0.717, 1.165) is 12.5 Å². The van der Waals surface area contributed by atoms with E-state index in [1.807, 2.05) is 0 Å². The number of rotatable bonds is 5. The molecule has 2 N–H and O–H groups in total. The van der Waals surface area contributed by atoms with Gasteiger partial charge in [0.05, 0.1) is 0 Å². The molecule has 0 saturated heterocycles. The Hall–Kier alpha value is -0.0800. The third-order valence-electron chi connectivity index (χ3n) is 3.44. The lowest BCUT2D eigenvalue weighted by Gasteiger charge is -2.27. The predicted octanol–water partition coefficient (Wildman–Crippen LogP) is 2.17. The van der Waals surface area contributed by atoms with Crippen molar-refractivity contribution in [3.8, 4) is 0 Å². The van der Waals surface area contributed by atoms with Crippen molar-refractivity contribution in [1.29, 1.82) is 0 Å². The highest BCUT2D eigenvalue weighted by molar-refractivity contribution is 4.80. The first kappa shape index (κ1) is 12.0. The van der Waals surface area contributed by atoms with Gasteiger partial charge in [-0.3, -0.25) is 0 Å². The van der Waals surface area contributed by atoms with Crippen molar-refractivity contribution < 1.29 is 5.11 Å². The van der Waals surface area contributed by atoms with Crippen molar-refractivity contribution in [2.75, 3.05) is 13.2 Å². The summed E-state index contributed by atoms with van der Waals surface area (Å²) in [7, 11) is 0. The zero-order chi connectivity index (χ0) is 10.6. The van der Waals surface area contributed by atoms with E-state index in [1.165, 1.54) is 25.7 Å². The molecule has 0 heterocycles. The molecular formula is C12H25NO. The lowest BCUT2D eigenvalue weighted by Crippen LogP contribution is -2.40. The number of nitrogens with one attached hydrogen (secondary N) is 1. The molecule has 1 atom stereocenters. The van der Waals surface area contributed by atoms with Crippen LogP contribution in [0.1, 0.15) is 46.5 Å². The van der Waals surface area contributed by atoms with Crippen molar-refractivity contribution >= 4 is 0 Å².